The van der Waals surface area contributed by atoms with Crippen LogP contribution in [0.4, 0.5) is 0 Å². The molecule has 0 bridgehead atoms. The number of aliphatic hydroxyl groups is 1. The Morgan fingerprint density at radius 2 is 1.83 bits per heavy atom. The van der Waals surface area contributed by atoms with Gasteiger partial charge in [0.25, 0.3) is 0 Å². The van der Waals surface area contributed by atoms with Gasteiger partial charge in [-0.25, -0.2) is 0 Å². The summed E-state index contributed by atoms with van der Waals surface area (Å²) in [5.74, 6) is 0.0252. The smallest absolute Gasteiger partial charge is 0.213 e. The molecule has 0 unspecified atom stereocenters. The van der Waals surface area contributed by atoms with Gasteiger partial charge in [-0.15, -0.1) is 12.4 Å². The lowest BCUT2D eigenvalue weighted by molar-refractivity contribution is 0.0476. The van der Waals surface area contributed by atoms with Gasteiger partial charge < -0.3 is 9.84 Å². The molecule has 0 aliphatic heterocycles. The van der Waals surface area contributed by atoms with Crippen molar-refractivity contribution in [3.05, 3.63) is 0 Å². The summed E-state index contributed by atoms with van der Waals surface area (Å²) in [5.41, 5.74) is -0.951. The highest BCUT2D eigenvalue weighted by Crippen LogP contribution is 2.28. The van der Waals surface area contributed by atoms with E-state index in [0.717, 1.165) is 12.8 Å². The topological polar surface area (TPSA) is 53.3 Å². The molecule has 1 rings (SSSR count). The van der Waals surface area contributed by atoms with Crippen LogP contribution in [0.5, 0.6) is 0 Å². The SMILES string of the molecule is COC(=N)C1(O)CCCCC1.Cl. The number of rotatable bonds is 1. The zero-order valence-corrected chi connectivity index (χ0v) is 8.12. The summed E-state index contributed by atoms with van der Waals surface area (Å²) in [6.45, 7) is 0. The van der Waals surface area contributed by atoms with Gasteiger partial charge in [-0.2, -0.15) is 0 Å². The molecule has 0 aromatic rings. The van der Waals surface area contributed by atoms with E-state index in [2.05, 4.69) is 0 Å². The zero-order chi connectivity index (χ0) is 8.32. The Kier molecular flexibility index (Phi) is 4.57. The van der Waals surface area contributed by atoms with Crippen molar-refractivity contribution in [2.45, 2.75) is 37.7 Å². The molecule has 3 nitrogen and oxygen atoms in total. The second-order valence-electron chi connectivity index (χ2n) is 3.13. The van der Waals surface area contributed by atoms with Crippen molar-refractivity contribution in [2.24, 2.45) is 0 Å². The average Bonchev–Trinajstić information content (AvgIpc) is 2.04. The van der Waals surface area contributed by atoms with Gasteiger partial charge >= 0.3 is 0 Å². The molecule has 4 heteroatoms. The van der Waals surface area contributed by atoms with Crippen molar-refractivity contribution in [1.82, 2.24) is 0 Å². The second-order valence-corrected chi connectivity index (χ2v) is 3.13. The highest BCUT2D eigenvalue weighted by atomic mass is 35.5. The van der Waals surface area contributed by atoms with E-state index in [9.17, 15) is 5.11 Å². The maximum atomic E-state index is 9.79. The molecule has 0 heterocycles. The van der Waals surface area contributed by atoms with Gasteiger partial charge in [0.05, 0.1) is 7.11 Å². The van der Waals surface area contributed by atoms with Gasteiger partial charge in [0.2, 0.25) is 5.90 Å². The minimum atomic E-state index is -0.951. The van der Waals surface area contributed by atoms with Crippen molar-refractivity contribution in [2.75, 3.05) is 7.11 Å². The molecule has 0 atom stereocenters. The van der Waals surface area contributed by atoms with Crippen LogP contribution in [0.25, 0.3) is 0 Å². The lowest BCUT2D eigenvalue weighted by Gasteiger charge is -2.30. The third-order valence-corrected chi connectivity index (χ3v) is 2.31. The molecule has 2 N–H and O–H groups in total. The number of hydrogen-bond acceptors (Lipinski definition) is 3. The van der Waals surface area contributed by atoms with Crippen LogP contribution in [-0.4, -0.2) is 23.7 Å². The first-order valence-corrected chi connectivity index (χ1v) is 4.04. The van der Waals surface area contributed by atoms with Gasteiger partial charge in [-0.1, -0.05) is 19.3 Å². The van der Waals surface area contributed by atoms with E-state index >= 15 is 0 Å². The van der Waals surface area contributed by atoms with Crippen LogP contribution in [0, 0.1) is 5.41 Å². The van der Waals surface area contributed by atoms with Gasteiger partial charge in [0.1, 0.15) is 5.60 Å². The van der Waals surface area contributed by atoms with E-state index in [-0.39, 0.29) is 18.3 Å². The van der Waals surface area contributed by atoms with E-state index in [1.807, 2.05) is 0 Å². The van der Waals surface area contributed by atoms with Gasteiger partial charge in [-0.05, 0) is 12.8 Å². The minimum absolute atomic E-state index is 0. The molecule has 0 aromatic heterocycles. The number of halogens is 1. The molecule has 1 fully saturated rings. The summed E-state index contributed by atoms with van der Waals surface area (Å²) in [6, 6.07) is 0. The van der Waals surface area contributed by atoms with Crippen LogP contribution < -0.4 is 0 Å². The maximum absolute atomic E-state index is 9.79. The molecule has 0 spiro atoms. The van der Waals surface area contributed by atoms with E-state index in [4.69, 9.17) is 10.1 Å². The molecule has 0 aromatic carbocycles. The van der Waals surface area contributed by atoms with Crippen molar-refractivity contribution >= 4 is 18.3 Å². The predicted molar refractivity (Wildman–Crippen MR) is 50.0 cm³/mol. The molecular weight excluding hydrogens is 178 g/mol. The Morgan fingerprint density at radius 3 is 2.25 bits per heavy atom. The highest BCUT2D eigenvalue weighted by Gasteiger charge is 2.34. The fourth-order valence-corrected chi connectivity index (χ4v) is 1.55. The molecule has 0 amide bonds. The van der Waals surface area contributed by atoms with Crippen LogP contribution in [0.3, 0.4) is 0 Å². The molecular formula is C8H16ClNO2. The highest BCUT2D eigenvalue weighted by molar-refractivity contribution is 5.85. The molecule has 1 saturated carbocycles. The van der Waals surface area contributed by atoms with Crippen LogP contribution in [0.1, 0.15) is 32.1 Å². The van der Waals surface area contributed by atoms with E-state index < -0.39 is 5.60 Å². The summed E-state index contributed by atoms with van der Waals surface area (Å²) in [6.07, 6.45) is 4.53. The Bertz CT molecular complexity index is 155. The number of nitrogens with one attached hydrogen (secondary N) is 1. The maximum Gasteiger partial charge on any atom is 0.213 e. The standard InChI is InChI=1S/C8H15NO2.ClH/c1-11-7(9)8(10)5-3-2-4-6-8;/h9-10H,2-6H2,1H3;1H. The quantitative estimate of drug-likeness (QED) is 0.492. The zero-order valence-electron chi connectivity index (χ0n) is 7.30. The molecule has 1 aliphatic carbocycles. The van der Waals surface area contributed by atoms with Crippen LogP contribution in [0.2, 0.25) is 0 Å². The van der Waals surface area contributed by atoms with Gasteiger partial charge in [-0.3, -0.25) is 5.41 Å². The number of methoxy groups -OCH3 is 1. The molecule has 0 saturated heterocycles. The number of hydrogen-bond donors (Lipinski definition) is 2. The van der Waals surface area contributed by atoms with Crippen LogP contribution in [-0.2, 0) is 4.74 Å². The van der Waals surface area contributed by atoms with E-state index in [1.165, 1.54) is 13.5 Å². The summed E-state index contributed by atoms with van der Waals surface area (Å²) < 4.78 is 4.73. The fraction of sp³-hybridized carbons (Fsp3) is 0.875. The lowest BCUT2D eigenvalue weighted by Crippen LogP contribution is -2.40. The van der Waals surface area contributed by atoms with Crippen LogP contribution in [0.15, 0.2) is 0 Å². The summed E-state index contributed by atoms with van der Waals surface area (Å²) in [7, 11) is 1.44. The third-order valence-electron chi connectivity index (χ3n) is 2.31. The van der Waals surface area contributed by atoms with Crippen LogP contribution >= 0.6 is 12.4 Å². The van der Waals surface area contributed by atoms with Crippen molar-refractivity contribution in [3.63, 3.8) is 0 Å². The summed E-state index contributed by atoms with van der Waals surface area (Å²) in [4.78, 5) is 0. The fourth-order valence-electron chi connectivity index (χ4n) is 1.55. The van der Waals surface area contributed by atoms with Gasteiger partial charge in [0.15, 0.2) is 0 Å². The van der Waals surface area contributed by atoms with E-state index in [0.29, 0.717) is 12.8 Å². The molecule has 1 aliphatic rings. The average molecular weight is 194 g/mol. The molecule has 72 valence electrons. The lowest BCUT2D eigenvalue weighted by atomic mass is 9.85. The van der Waals surface area contributed by atoms with Crippen molar-refractivity contribution < 1.29 is 9.84 Å². The first kappa shape index (κ1) is 11.7. The molecule has 0 radical (unpaired) electrons. The predicted octanol–water partition coefficient (Wildman–Crippen LogP) is 1.73. The Labute approximate surface area is 79.0 Å². The number of ether oxygens (including phenoxy) is 1. The monoisotopic (exact) mass is 193 g/mol. The van der Waals surface area contributed by atoms with Crippen molar-refractivity contribution in [3.8, 4) is 0 Å². The third kappa shape index (κ3) is 2.35. The largest absolute Gasteiger partial charge is 0.482 e. The Balaban J connectivity index is 0.00000121. The first-order valence-electron chi connectivity index (χ1n) is 4.04. The van der Waals surface area contributed by atoms with E-state index in [1.54, 1.807) is 0 Å². The second kappa shape index (κ2) is 4.67. The Hall–Kier alpha value is -0.280. The summed E-state index contributed by atoms with van der Waals surface area (Å²) >= 11 is 0. The summed E-state index contributed by atoms with van der Waals surface area (Å²) in [5, 5.41) is 17.1. The first-order chi connectivity index (χ1) is 5.19. The normalized spacial score (nSPS) is 20.8. The Morgan fingerprint density at radius 1 is 1.33 bits per heavy atom. The molecule has 12 heavy (non-hydrogen) atoms. The van der Waals surface area contributed by atoms with Gasteiger partial charge in [0, 0.05) is 0 Å². The van der Waals surface area contributed by atoms with Crippen molar-refractivity contribution in [1.29, 1.82) is 5.41 Å². The minimum Gasteiger partial charge on any atom is -0.482 e.